The van der Waals surface area contributed by atoms with Gasteiger partial charge in [0.1, 0.15) is 5.82 Å². The summed E-state index contributed by atoms with van der Waals surface area (Å²) >= 11 is 6.09. The van der Waals surface area contributed by atoms with Crippen LogP contribution in [0, 0.1) is 6.92 Å². The molecule has 2 heterocycles. The van der Waals surface area contributed by atoms with Gasteiger partial charge in [0.15, 0.2) is 0 Å². The van der Waals surface area contributed by atoms with E-state index in [1.807, 2.05) is 31.0 Å². The summed E-state index contributed by atoms with van der Waals surface area (Å²) in [6.07, 6.45) is 3.53. The molecular weight excluding hydrogens is 338 g/mol. The smallest absolute Gasteiger partial charge is 0.243 e. The van der Waals surface area contributed by atoms with E-state index in [1.54, 1.807) is 6.20 Å². The molecule has 0 saturated carbocycles. The molecule has 2 aromatic rings. The van der Waals surface area contributed by atoms with E-state index in [-0.39, 0.29) is 23.2 Å². The fraction of sp³-hybridized carbons (Fsp3) is 0.444. The quantitative estimate of drug-likeness (QED) is 0.849. The minimum Gasteiger partial charge on any atom is -0.350 e. The highest BCUT2D eigenvalue weighted by Crippen LogP contribution is 2.42. The molecule has 0 aromatic carbocycles. The Bertz CT molecular complexity index is 804. The fourth-order valence-electron chi connectivity index (χ4n) is 3.20. The number of halogens is 1. The number of pyridine rings is 1. The summed E-state index contributed by atoms with van der Waals surface area (Å²) in [5.41, 5.74) is 3.62. The average Bonchev–Trinajstić information content (AvgIpc) is 2.84. The van der Waals surface area contributed by atoms with Crippen LogP contribution in [0.25, 0.3) is 0 Å². The highest BCUT2D eigenvalue weighted by molar-refractivity contribution is 6.28. The summed E-state index contributed by atoms with van der Waals surface area (Å²) in [4.78, 5) is 27.1. The molecular formula is C18H22ClN5O. The Balaban J connectivity index is 1.79. The van der Waals surface area contributed by atoms with Gasteiger partial charge < -0.3 is 10.2 Å². The second kappa shape index (κ2) is 6.59. The molecule has 0 fully saturated rings. The number of amides is 1. The lowest BCUT2D eigenvalue weighted by atomic mass is 9.87. The van der Waals surface area contributed by atoms with Crippen molar-refractivity contribution in [2.24, 2.45) is 0 Å². The number of carbonyl (C=O) groups excluding carboxylic acids is 1. The van der Waals surface area contributed by atoms with Crippen molar-refractivity contribution in [3.05, 3.63) is 40.6 Å². The van der Waals surface area contributed by atoms with Gasteiger partial charge in [-0.05, 0) is 48.9 Å². The van der Waals surface area contributed by atoms with Crippen molar-refractivity contribution in [1.82, 2.24) is 15.0 Å². The summed E-state index contributed by atoms with van der Waals surface area (Å²) < 4.78 is 0. The van der Waals surface area contributed by atoms with Crippen LogP contribution in [-0.4, -0.2) is 34.5 Å². The maximum absolute atomic E-state index is 12.4. The molecule has 1 aliphatic carbocycles. The van der Waals surface area contributed by atoms with E-state index in [1.165, 1.54) is 0 Å². The molecule has 3 rings (SSSR count). The zero-order valence-corrected chi connectivity index (χ0v) is 15.7. The molecule has 0 spiro atoms. The van der Waals surface area contributed by atoms with E-state index < -0.39 is 0 Å². The summed E-state index contributed by atoms with van der Waals surface area (Å²) in [5, 5.41) is 3.08. The monoisotopic (exact) mass is 359 g/mol. The third kappa shape index (κ3) is 3.74. The third-order valence-electron chi connectivity index (χ3n) is 4.54. The van der Waals surface area contributed by atoms with Crippen molar-refractivity contribution in [3.8, 4) is 0 Å². The van der Waals surface area contributed by atoms with Crippen LogP contribution < -0.4 is 10.2 Å². The van der Waals surface area contributed by atoms with Crippen molar-refractivity contribution < 1.29 is 4.79 Å². The highest BCUT2D eigenvalue weighted by Gasteiger charge is 2.36. The minimum absolute atomic E-state index is 0.0269. The lowest BCUT2D eigenvalue weighted by molar-refractivity contribution is -0.114. The van der Waals surface area contributed by atoms with Crippen molar-refractivity contribution in [1.29, 1.82) is 0 Å². The Morgan fingerprint density at radius 3 is 2.80 bits per heavy atom. The number of hydrogen-bond acceptors (Lipinski definition) is 5. The van der Waals surface area contributed by atoms with Gasteiger partial charge in [-0.25, -0.2) is 9.97 Å². The number of rotatable bonds is 4. The Morgan fingerprint density at radius 2 is 2.12 bits per heavy atom. The van der Waals surface area contributed by atoms with Crippen LogP contribution >= 0.6 is 11.6 Å². The van der Waals surface area contributed by atoms with Gasteiger partial charge in [-0.15, -0.1) is 0 Å². The van der Waals surface area contributed by atoms with E-state index in [9.17, 15) is 4.79 Å². The number of hydrogen-bond donors (Lipinski definition) is 1. The number of likely N-dealkylation sites (N-methyl/N-ethyl adjacent to an activating group) is 1. The molecule has 7 heteroatoms. The molecule has 132 valence electrons. The molecule has 1 amide bonds. The van der Waals surface area contributed by atoms with Crippen molar-refractivity contribution in [2.45, 2.75) is 39.0 Å². The second-order valence-electron chi connectivity index (χ2n) is 7.11. The van der Waals surface area contributed by atoms with Gasteiger partial charge >= 0.3 is 0 Å². The van der Waals surface area contributed by atoms with Crippen molar-refractivity contribution in [2.75, 3.05) is 23.8 Å². The largest absolute Gasteiger partial charge is 0.350 e. The Hall–Kier alpha value is -2.21. The first-order chi connectivity index (χ1) is 11.8. The van der Waals surface area contributed by atoms with Crippen LogP contribution in [0.5, 0.6) is 0 Å². The molecule has 1 N–H and O–H groups in total. The molecule has 0 radical (unpaired) electrons. The van der Waals surface area contributed by atoms with Gasteiger partial charge in [-0.2, -0.15) is 0 Å². The molecule has 0 aliphatic heterocycles. The normalized spacial score (nSPS) is 14.9. The van der Waals surface area contributed by atoms with Crippen LogP contribution in [-0.2, 0) is 16.6 Å². The summed E-state index contributed by atoms with van der Waals surface area (Å²) in [6, 6.07) is 3.70. The number of nitrogens with one attached hydrogen (secondary N) is 1. The SMILES string of the molecule is Cc1ccc(NC(=O)CN(C)c2nc(Cl)nc3c2C(C)(C)CC3)cn1. The Kier molecular flexibility index (Phi) is 4.64. The van der Waals surface area contributed by atoms with Gasteiger partial charge in [0.25, 0.3) is 0 Å². The third-order valence-corrected chi connectivity index (χ3v) is 4.71. The second-order valence-corrected chi connectivity index (χ2v) is 7.45. The van der Waals surface area contributed by atoms with E-state index in [0.29, 0.717) is 5.69 Å². The predicted octanol–water partition coefficient (Wildman–Crippen LogP) is 3.13. The first-order valence-corrected chi connectivity index (χ1v) is 8.64. The molecule has 2 aromatic heterocycles. The molecule has 6 nitrogen and oxygen atoms in total. The molecule has 0 unspecified atom stereocenters. The van der Waals surface area contributed by atoms with Crippen LogP contribution in [0.3, 0.4) is 0 Å². The average molecular weight is 360 g/mol. The maximum Gasteiger partial charge on any atom is 0.243 e. The van der Waals surface area contributed by atoms with Crippen molar-refractivity contribution >= 4 is 29.0 Å². The fourth-order valence-corrected chi connectivity index (χ4v) is 3.39. The summed E-state index contributed by atoms with van der Waals surface area (Å²) in [5.74, 6) is 0.599. The lowest BCUT2D eigenvalue weighted by Gasteiger charge is -2.26. The predicted molar refractivity (Wildman–Crippen MR) is 99.3 cm³/mol. The van der Waals surface area contributed by atoms with Crippen LogP contribution in [0.4, 0.5) is 11.5 Å². The number of anilines is 2. The molecule has 0 atom stereocenters. The number of carbonyl (C=O) groups is 1. The Morgan fingerprint density at radius 1 is 1.36 bits per heavy atom. The maximum atomic E-state index is 12.4. The zero-order chi connectivity index (χ0) is 18.2. The number of aryl methyl sites for hydroxylation is 2. The van der Waals surface area contributed by atoms with Gasteiger partial charge in [0.05, 0.1) is 24.1 Å². The Labute approximate surface area is 152 Å². The zero-order valence-electron chi connectivity index (χ0n) is 14.9. The number of nitrogens with zero attached hydrogens (tertiary/aromatic N) is 4. The van der Waals surface area contributed by atoms with Gasteiger partial charge in [-0.1, -0.05) is 13.8 Å². The van der Waals surface area contributed by atoms with Gasteiger partial charge in [0.2, 0.25) is 11.2 Å². The van der Waals surface area contributed by atoms with Crippen molar-refractivity contribution in [3.63, 3.8) is 0 Å². The molecule has 1 aliphatic rings. The summed E-state index contributed by atoms with van der Waals surface area (Å²) in [6.45, 7) is 6.42. The van der Waals surface area contributed by atoms with E-state index in [0.717, 1.165) is 35.6 Å². The van der Waals surface area contributed by atoms with E-state index in [4.69, 9.17) is 11.6 Å². The van der Waals surface area contributed by atoms with E-state index in [2.05, 4.69) is 34.1 Å². The van der Waals surface area contributed by atoms with Crippen LogP contribution in [0.15, 0.2) is 18.3 Å². The highest BCUT2D eigenvalue weighted by atomic mass is 35.5. The van der Waals surface area contributed by atoms with E-state index >= 15 is 0 Å². The van der Waals surface area contributed by atoms with Crippen LogP contribution in [0.1, 0.15) is 37.2 Å². The molecule has 0 saturated heterocycles. The first-order valence-electron chi connectivity index (χ1n) is 8.27. The topological polar surface area (TPSA) is 71.0 Å². The molecule has 25 heavy (non-hydrogen) atoms. The van der Waals surface area contributed by atoms with Gasteiger partial charge in [0, 0.05) is 18.3 Å². The number of aromatic nitrogens is 3. The standard InChI is InChI=1S/C18H22ClN5O/c1-11-5-6-12(9-20-11)21-14(25)10-24(4)16-15-13(22-17(19)23-16)7-8-18(15,2)3/h5-6,9H,7-8,10H2,1-4H3,(H,21,25). The summed E-state index contributed by atoms with van der Waals surface area (Å²) in [7, 11) is 1.85. The first kappa shape index (κ1) is 17.6. The minimum atomic E-state index is -0.132. The van der Waals surface area contributed by atoms with Crippen LogP contribution in [0.2, 0.25) is 5.28 Å². The lowest BCUT2D eigenvalue weighted by Crippen LogP contribution is -2.32. The molecule has 0 bridgehead atoms. The van der Waals surface area contributed by atoms with Gasteiger partial charge in [-0.3, -0.25) is 9.78 Å². The number of fused-ring (bicyclic) bond motifs is 1.